The van der Waals surface area contributed by atoms with Crippen LogP contribution in [0.2, 0.25) is 0 Å². The molecular weight excluding hydrogens is 464 g/mol. The van der Waals surface area contributed by atoms with E-state index in [-0.39, 0.29) is 5.91 Å². The summed E-state index contributed by atoms with van der Waals surface area (Å²) >= 11 is 3.26. The van der Waals surface area contributed by atoms with Crippen molar-refractivity contribution in [1.82, 2.24) is 10.2 Å². The number of hydrogen-bond acceptors (Lipinski definition) is 5. The third-order valence-electron chi connectivity index (χ3n) is 5.21. The third kappa shape index (κ3) is 8.95. The molecule has 3 rings (SSSR count). The van der Waals surface area contributed by atoms with E-state index in [9.17, 15) is 9.59 Å². The molecule has 0 unspecified atom stereocenters. The minimum Gasteiger partial charge on any atom is -0.444 e. The second-order valence-electron chi connectivity index (χ2n) is 9.28. The summed E-state index contributed by atoms with van der Waals surface area (Å²) in [6.07, 6.45) is 2.73. The van der Waals surface area contributed by atoms with Crippen molar-refractivity contribution in [3.63, 3.8) is 0 Å². The van der Waals surface area contributed by atoms with Gasteiger partial charge in [-0.1, -0.05) is 48.9 Å². The molecule has 3 aromatic rings. The van der Waals surface area contributed by atoms with Crippen LogP contribution in [0.25, 0.3) is 0 Å². The van der Waals surface area contributed by atoms with E-state index in [1.54, 1.807) is 22.7 Å². The van der Waals surface area contributed by atoms with Gasteiger partial charge in [0, 0.05) is 9.75 Å². The average Bonchev–Trinajstić information content (AvgIpc) is 3.49. The number of rotatable bonds is 11. The maximum Gasteiger partial charge on any atom is 0.408 e. The summed E-state index contributed by atoms with van der Waals surface area (Å²) in [5.41, 5.74) is 0.654. The number of unbranched alkanes of at least 4 members (excludes halogenated alkanes) is 1. The van der Waals surface area contributed by atoms with Crippen LogP contribution >= 0.6 is 22.7 Å². The zero-order valence-electron chi connectivity index (χ0n) is 20.2. The molecule has 1 aromatic carbocycles. The number of hydrogen-bond donors (Lipinski definition) is 1. The maximum absolute atomic E-state index is 13.7. The lowest BCUT2D eigenvalue weighted by Gasteiger charge is -2.28. The molecule has 2 aromatic heterocycles. The molecule has 0 fully saturated rings. The minimum absolute atomic E-state index is 0.0765. The Bertz CT molecular complexity index is 960. The normalized spacial score (nSPS) is 12.2. The van der Waals surface area contributed by atoms with Gasteiger partial charge in [-0.3, -0.25) is 4.79 Å². The number of thiophene rings is 2. The summed E-state index contributed by atoms with van der Waals surface area (Å²) in [6.45, 7) is 6.51. The number of alkyl carbamates (subject to hydrolysis) is 1. The van der Waals surface area contributed by atoms with E-state index < -0.39 is 17.7 Å². The topological polar surface area (TPSA) is 58.6 Å². The van der Waals surface area contributed by atoms with E-state index in [1.807, 2.05) is 78.9 Å². The van der Waals surface area contributed by atoms with Gasteiger partial charge in [-0.2, -0.15) is 0 Å². The third-order valence-corrected chi connectivity index (χ3v) is 6.93. The van der Waals surface area contributed by atoms with Crippen molar-refractivity contribution in [1.29, 1.82) is 0 Å². The quantitative estimate of drug-likeness (QED) is 0.301. The smallest absolute Gasteiger partial charge is 0.408 e. The molecule has 2 heterocycles. The number of benzene rings is 1. The summed E-state index contributed by atoms with van der Waals surface area (Å²) in [4.78, 5) is 30.4. The molecule has 182 valence electrons. The van der Waals surface area contributed by atoms with E-state index in [0.29, 0.717) is 19.5 Å². The Labute approximate surface area is 210 Å². The van der Waals surface area contributed by atoms with Crippen LogP contribution in [-0.2, 0) is 29.0 Å². The van der Waals surface area contributed by atoms with Crippen molar-refractivity contribution in [2.75, 3.05) is 0 Å². The van der Waals surface area contributed by atoms with Crippen molar-refractivity contribution in [3.05, 3.63) is 80.7 Å². The molecule has 1 atom stereocenters. The first kappa shape index (κ1) is 26.0. The summed E-state index contributed by atoms with van der Waals surface area (Å²) in [6, 6.07) is 17.8. The van der Waals surface area contributed by atoms with Gasteiger partial charge in [-0.15, -0.1) is 22.7 Å². The molecular formula is C27H34N2O3S2. The van der Waals surface area contributed by atoms with Gasteiger partial charge in [0.15, 0.2) is 0 Å². The van der Waals surface area contributed by atoms with Crippen molar-refractivity contribution in [2.45, 2.75) is 71.2 Å². The summed E-state index contributed by atoms with van der Waals surface area (Å²) < 4.78 is 5.47. The molecule has 1 N–H and O–H groups in total. The number of ether oxygens (including phenoxy) is 1. The first-order valence-electron chi connectivity index (χ1n) is 11.7. The van der Waals surface area contributed by atoms with Crippen molar-refractivity contribution < 1.29 is 14.3 Å². The first-order valence-corrected chi connectivity index (χ1v) is 13.4. The number of carbonyl (C=O) groups excluding carboxylic acids is 2. The Balaban J connectivity index is 1.70. The summed E-state index contributed by atoms with van der Waals surface area (Å²) in [5.74, 6) is -0.0765. The highest BCUT2D eigenvalue weighted by Crippen LogP contribution is 2.20. The predicted octanol–water partition coefficient (Wildman–Crippen LogP) is 6.64. The van der Waals surface area contributed by atoms with Crippen molar-refractivity contribution in [3.8, 4) is 0 Å². The van der Waals surface area contributed by atoms with Gasteiger partial charge in [-0.25, -0.2) is 4.79 Å². The van der Waals surface area contributed by atoms with Crippen LogP contribution in [0.15, 0.2) is 65.4 Å². The molecule has 0 aliphatic carbocycles. The maximum atomic E-state index is 13.7. The van der Waals surface area contributed by atoms with E-state index >= 15 is 0 Å². The van der Waals surface area contributed by atoms with Gasteiger partial charge in [0.1, 0.15) is 11.6 Å². The average molecular weight is 499 g/mol. The molecule has 34 heavy (non-hydrogen) atoms. The SMILES string of the molecule is CC(C)(C)OC(=O)N[C@@H](CCCCc1ccccc1)C(=O)N(Cc1cccs1)Cc1cccs1. The predicted molar refractivity (Wildman–Crippen MR) is 140 cm³/mol. The zero-order chi connectivity index (χ0) is 24.4. The molecule has 5 nitrogen and oxygen atoms in total. The zero-order valence-corrected chi connectivity index (χ0v) is 21.8. The second-order valence-corrected chi connectivity index (χ2v) is 11.3. The Morgan fingerprint density at radius 3 is 2.06 bits per heavy atom. The molecule has 0 radical (unpaired) electrons. The number of nitrogens with zero attached hydrogens (tertiary/aromatic N) is 1. The molecule has 2 amide bonds. The van der Waals surface area contributed by atoms with E-state index in [2.05, 4.69) is 17.4 Å². The molecule has 7 heteroatoms. The fraction of sp³-hybridized carbons (Fsp3) is 0.407. The fourth-order valence-electron chi connectivity index (χ4n) is 3.64. The molecule has 0 aliphatic heterocycles. The lowest BCUT2D eigenvalue weighted by molar-refractivity contribution is -0.134. The second kappa shape index (κ2) is 12.7. The summed E-state index contributed by atoms with van der Waals surface area (Å²) in [5, 5.41) is 6.90. The van der Waals surface area contributed by atoms with Crippen LogP contribution in [0, 0.1) is 0 Å². The highest BCUT2D eigenvalue weighted by Gasteiger charge is 2.28. The number of nitrogens with one attached hydrogen (secondary N) is 1. The lowest BCUT2D eigenvalue weighted by atomic mass is 10.0. The standard InChI is InChI=1S/C27H34N2O3S2/c1-27(2,3)32-26(31)28-24(16-8-7-13-21-11-5-4-6-12-21)25(30)29(19-22-14-9-17-33-22)20-23-15-10-18-34-23/h4-6,9-12,14-15,17-18,24H,7-8,13,16,19-20H2,1-3H3,(H,28,31)/t24-/m0/s1. The molecule has 0 bridgehead atoms. The fourth-order valence-corrected chi connectivity index (χ4v) is 5.08. The Morgan fingerprint density at radius 2 is 1.53 bits per heavy atom. The Kier molecular flexibility index (Phi) is 9.72. The largest absolute Gasteiger partial charge is 0.444 e. The molecule has 0 aliphatic rings. The van der Waals surface area contributed by atoms with Crippen LogP contribution in [0.1, 0.15) is 55.4 Å². The monoisotopic (exact) mass is 498 g/mol. The number of aryl methyl sites for hydroxylation is 1. The van der Waals surface area contributed by atoms with Gasteiger partial charge >= 0.3 is 6.09 Å². The molecule has 0 saturated heterocycles. The molecule has 0 spiro atoms. The number of carbonyl (C=O) groups is 2. The lowest BCUT2D eigenvalue weighted by Crippen LogP contribution is -2.49. The van der Waals surface area contributed by atoms with Crippen molar-refractivity contribution >= 4 is 34.7 Å². The van der Waals surface area contributed by atoms with Crippen LogP contribution in [0.5, 0.6) is 0 Å². The van der Waals surface area contributed by atoms with Gasteiger partial charge in [0.25, 0.3) is 0 Å². The van der Waals surface area contributed by atoms with E-state index in [4.69, 9.17) is 4.74 Å². The highest BCUT2D eigenvalue weighted by atomic mass is 32.1. The van der Waals surface area contributed by atoms with Crippen LogP contribution in [0.4, 0.5) is 4.79 Å². The number of amides is 2. The van der Waals surface area contributed by atoms with Gasteiger partial charge in [0.05, 0.1) is 13.1 Å². The van der Waals surface area contributed by atoms with Gasteiger partial charge in [-0.05, 0) is 68.5 Å². The van der Waals surface area contributed by atoms with Gasteiger partial charge < -0.3 is 15.0 Å². The van der Waals surface area contributed by atoms with Crippen LogP contribution in [0.3, 0.4) is 0 Å². The Hall–Kier alpha value is -2.64. The minimum atomic E-state index is -0.634. The van der Waals surface area contributed by atoms with E-state index in [0.717, 1.165) is 29.0 Å². The first-order chi connectivity index (χ1) is 16.3. The molecule has 0 saturated carbocycles. The van der Waals surface area contributed by atoms with Gasteiger partial charge in [0.2, 0.25) is 5.91 Å². The van der Waals surface area contributed by atoms with E-state index in [1.165, 1.54) is 5.56 Å². The van der Waals surface area contributed by atoms with Crippen molar-refractivity contribution in [2.24, 2.45) is 0 Å². The summed E-state index contributed by atoms with van der Waals surface area (Å²) in [7, 11) is 0. The highest BCUT2D eigenvalue weighted by molar-refractivity contribution is 7.10. The van der Waals surface area contributed by atoms with Crippen LogP contribution in [-0.4, -0.2) is 28.5 Å². The Morgan fingerprint density at radius 1 is 0.912 bits per heavy atom. The van der Waals surface area contributed by atoms with Crippen LogP contribution < -0.4 is 5.32 Å².